The van der Waals surface area contributed by atoms with Gasteiger partial charge >= 0.3 is 0 Å². The van der Waals surface area contributed by atoms with E-state index in [0.717, 1.165) is 22.4 Å². The first-order valence-corrected chi connectivity index (χ1v) is 21.5. The smallest absolute Gasteiger partial charge is 0.131 e. The highest BCUT2D eigenvalue weighted by Crippen LogP contribution is 2.54. The molecule has 0 bridgehead atoms. The van der Waals surface area contributed by atoms with Crippen LogP contribution in [0.2, 0.25) is 0 Å². The van der Waals surface area contributed by atoms with E-state index in [0.29, 0.717) is 12.3 Å². The lowest BCUT2D eigenvalue weighted by Crippen LogP contribution is -2.23. The number of amidine groups is 1. The van der Waals surface area contributed by atoms with Crippen LogP contribution in [0.5, 0.6) is 0 Å². The van der Waals surface area contributed by atoms with Crippen molar-refractivity contribution in [2.75, 3.05) is 0 Å². The molecule has 1 unspecified atom stereocenters. The number of hydrogen-bond donors (Lipinski definition) is 1. The summed E-state index contributed by atoms with van der Waals surface area (Å²) in [5, 5.41) is 7.44. The molecule has 62 heavy (non-hydrogen) atoms. The molecular weight excluding hydrogens is 749 g/mol. The van der Waals surface area contributed by atoms with Crippen molar-refractivity contribution in [3.05, 3.63) is 258 Å². The molecule has 2 N–H and O–H groups in total. The second-order valence-corrected chi connectivity index (χ2v) is 16.5. The van der Waals surface area contributed by atoms with E-state index in [1.54, 1.807) is 0 Å². The van der Waals surface area contributed by atoms with Crippen LogP contribution in [0.4, 0.5) is 0 Å². The number of benzene rings is 10. The quantitative estimate of drug-likeness (QED) is 0.0708. The molecule has 11 rings (SSSR count). The molecule has 0 amide bonds. The molecule has 0 heterocycles. The van der Waals surface area contributed by atoms with Crippen molar-refractivity contribution in [2.24, 2.45) is 10.7 Å². The zero-order valence-electron chi connectivity index (χ0n) is 34.6. The largest absolute Gasteiger partial charge is 0.383 e. The van der Waals surface area contributed by atoms with E-state index >= 15 is 0 Å². The molecule has 0 saturated heterocycles. The van der Waals surface area contributed by atoms with Gasteiger partial charge in [-0.3, -0.25) is 0 Å². The van der Waals surface area contributed by atoms with E-state index in [2.05, 4.69) is 201 Å². The van der Waals surface area contributed by atoms with E-state index in [1.807, 2.05) is 30.3 Å². The van der Waals surface area contributed by atoms with E-state index in [-0.39, 0.29) is 5.41 Å². The van der Waals surface area contributed by atoms with Gasteiger partial charge in [-0.15, -0.1) is 0 Å². The summed E-state index contributed by atoms with van der Waals surface area (Å²) in [6.45, 7) is 2.38. The minimum absolute atomic E-state index is 0.308. The second-order valence-electron chi connectivity index (χ2n) is 16.5. The maximum absolute atomic E-state index is 6.84. The van der Waals surface area contributed by atoms with Crippen LogP contribution in [-0.4, -0.2) is 5.84 Å². The van der Waals surface area contributed by atoms with Gasteiger partial charge in [-0.05, 0) is 107 Å². The molecule has 0 saturated carbocycles. The summed E-state index contributed by atoms with van der Waals surface area (Å²) in [6.07, 6.45) is 2.95. The van der Waals surface area contributed by atoms with Gasteiger partial charge in [0.1, 0.15) is 5.84 Å². The highest BCUT2D eigenvalue weighted by Gasteiger charge is 2.41. The molecule has 10 aromatic rings. The lowest BCUT2D eigenvalue weighted by atomic mass is 9.72. The molecule has 0 aliphatic heterocycles. The third-order valence-corrected chi connectivity index (χ3v) is 13.0. The fraction of sp³-hybridized carbons (Fsp3) is 0.0500. The van der Waals surface area contributed by atoms with Gasteiger partial charge in [0, 0.05) is 11.0 Å². The Kier molecular flexibility index (Phi) is 9.20. The molecule has 10 aromatic carbocycles. The van der Waals surface area contributed by atoms with Crippen molar-refractivity contribution in [1.82, 2.24) is 0 Å². The summed E-state index contributed by atoms with van der Waals surface area (Å²) in [5.74, 6) is 0.487. The Morgan fingerprint density at radius 2 is 1.08 bits per heavy atom. The van der Waals surface area contributed by atoms with Crippen LogP contribution in [0.25, 0.3) is 71.4 Å². The van der Waals surface area contributed by atoms with Crippen LogP contribution in [0, 0.1) is 0 Å². The highest BCUT2D eigenvalue weighted by atomic mass is 14.9. The van der Waals surface area contributed by atoms with Gasteiger partial charge < -0.3 is 5.73 Å². The number of nitrogens with two attached hydrogens (primary N) is 1. The summed E-state index contributed by atoms with van der Waals surface area (Å²) in [6, 6.07) is 78.6. The number of rotatable bonds is 8. The molecule has 1 aliphatic rings. The van der Waals surface area contributed by atoms with Crippen molar-refractivity contribution >= 4 is 43.9 Å². The Bertz CT molecular complexity index is 3360. The van der Waals surface area contributed by atoms with Crippen molar-refractivity contribution in [3.63, 3.8) is 0 Å². The SMILES string of the molecule is CC1(c2ccccc2)c2ccccc2-c2cccc(C/C=C(\N=C(N)c3ccccc3)c3ccc(-c4c5ccccc5c(-c5ccccc5)c5ccc6ccccc6c45)cc3)c21. The number of allylic oxidation sites excluding steroid dienone is 1. The Morgan fingerprint density at radius 3 is 1.84 bits per heavy atom. The van der Waals surface area contributed by atoms with E-state index < -0.39 is 0 Å². The van der Waals surface area contributed by atoms with Crippen LogP contribution >= 0.6 is 0 Å². The maximum Gasteiger partial charge on any atom is 0.131 e. The van der Waals surface area contributed by atoms with Gasteiger partial charge in [0.2, 0.25) is 0 Å². The lowest BCUT2D eigenvalue weighted by molar-refractivity contribution is 0.705. The van der Waals surface area contributed by atoms with E-state index in [1.165, 1.54) is 82.4 Å². The number of hydrogen-bond acceptors (Lipinski definition) is 1. The van der Waals surface area contributed by atoms with Gasteiger partial charge in [0.25, 0.3) is 0 Å². The Morgan fingerprint density at radius 1 is 0.484 bits per heavy atom. The predicted molar refractivity (Wildman–Crippen MR) is 263 cm³/mol. The fourth-order valence-corrected chi connectivity index (χ4v) is 10.2. The van der Waals surface area contributed by atoms with E-state index in [4.69, 9.17) is 10.7 Å². The normalized spacial score (nSPS) is 14.9. The Labute approximate surface area is 363 Å². The molecule has 2 nitrogen and oxygen atoms in total. The number of fused-ring (bicyclic) bond motifs is 7. The average molecular weight is 793 g/mol. The van der Waals surface area contributed by atoms with Crippen LogP contribution < -0.4 is 5.73 Å². The molecule has 2 heteroatoms. The first-order chi connectivity index (χ1) is 30.6. The number of nitrogens with zero attached hydrogens (tertiary/aromatic N) is 1. The van der Waals surface area contributed by atoms with Crippen molar-refractivity contribution in [2.45, 2.75) is 18.8 Å². The third kappa shape index (κ3) is 6.14. The summed E-state index contributed by atoms with van der Waals surface area (Å²) < 4.78 is 0. The van der Waals surface area contributed by atoms with Crippen LogP contribution in [0.3, 0.4) is 0 Å². The first kappa shape index (κ1) is 37.2. The summed E-state index contributed by atoms with van der Waals surface area (Å²) in [7, 11) is 0. The zero-order valence-corrected chi connectivity index (χ0v) is 34.6. The van der Waals surface area contributed by atoms with Gasteiger partial charge in [-0.1, -0.05) is 224 Å². The standard InChI is InChI=1S/C60H44N2/c1-60(46-24-9-4-10-25-46)53-31-16-15-27-48(53)51-30-17-23-44(58(51)60)37-39-54(62-59(61)45-21-7-3-8-22-45)41-32-34-43(35-33-41)56-50-29-14-13-28-49(50)55(42-19-5-2-6-20-42)52-38-36-40-18-11-12-26-47(40)57(52)56/h2-36,38-39H,37H2,1H3,(H2,61,62)/b54-39-. The lowest BCUT2D eigenvalue weighted by Gasteiger charge is -2.30. The van der Waals surface area contributed by atoms with Gasteiger partial charge in [0.15, 0.2) is 0 Å². The molecule has 294 valence electrons. The first-order valence-electron chi connectivity index (χ1n) is 21.5. The summed E-state index contributed by atoms with van der Waals surface area (Å²) >= 11 is 0. The molecular formula is C60H44N2. The highest BCUT2D eigenvalue weighted by molar-refractivity contribution is 6.27. The maximum atomic E-state index is 6.84. The molecule has 0 aromatic heterocycles. The van der Waals surface area contributed by atoms with Gasteiger partial charge in [-0.25, -0.2) is 4.99 Å². The molecule has 0 radical (unpaired) electrons. The summed E-state index contributed by atoms with van der Waals surface area (Å²) in [4.78, 5) is 5.20. The van der Waals surface area contributed by atoms with Crippen molar-refractivity contribution in [3.8, 4) is 33.4 Å². The van der Waals surface area contributed by atoms with Crippen LogP contribution in [0.15, 0.2) is 229 Å². The Balaban J connectivity index is 1.08. The fourth-order valence-electron chi connectivity index (χ4n) is 10.2. The van der Waals surface area contributed by atoms with Crippen molar-refractivity contribution < 1.29 is 0 Å². The van der Waals surface area contributed by atoms with Crippen molar-refractivity contribution in [1.29, 1.82) is 0 Å². The minimum Gasteiger partial charge on any atom is -0.383 e. The van der Waals surface area contributed by atoms with Gasteiger partial charge in [0.05, 0.1) is 5.70 Å². The summed E-state index contributed by atoms with van der Waals surface area (Å²) in [5.41, 5.74) is 22.0. The van der Waals surface area contributed by atoms with Gasteiger partial charge in [-0.2, -0.15) is 0 Å². The molecule has 0 fully saturated rings. The minimum atomic E-state index is -0.308. The monoisotopic (exact) mass is 792 g/mol. The van der Waals surface area contributed by atoms with E-state index in [9.17, 15) is 0 Å². The zero-order chi connectivity index (χ0) is 41.6. The second kappa shape index (κ2) is 15.3. The molecule has 0 spiro atoms. The molecule has 1 aliphatic carbocycles. The third-order valence-electron chi connectivity index (χ3n) is 13.0. The van der Waals surface area contributed by atoms with Crippen LogP contribution in [-0.2, 0) is 11.8 Å². The predicted octanol–water partition coefficient (Wildman–Crippen LogP) is 14.8. The average Bonchev–Trinajstić information content (AvgIpc) is 3.61. The van der Waals surface area contributed by atoms with Crippen LogP contribution in [0.1, 0.15) is 40.3 Å². The number of aliphatic imine (C=N–C) groups is 1. The Hall–Kier alpha value is -7.81. The molecule has 1 atom stereocenters. The topological polar surface area (TPSA) is 38.4 Å².